The van der Waals surface area contributed by atoms with Crippen LogP contribution in [0.4, 0.5) is 14.5 Å². The molecule has 1 aliphatic heterocycles. The van der Waals surface area contributed by atoms with E-state index < -0.39 is 26.6 Å². The molecule has 0 aromatic heterocycles. The summed E-state index contributed by atoms with van der Waals surface area (Å²) in [6.45, 7) is 0.819. The van der Waals surface area contributed by atoms with Gasteiger partial charge in [0.05, 0.1) is 4.47 Å². The number of anilines is 1. The highest BCUT2D eigenvalue weighted by atomic mass is 79.9. The van der Waals surface area contributed by atoms with Crippen LogP contribution in [-0.4, -0.2) is 31.9 Å². The van der Waals surface area contributed by atoms with E-state index >= 15 is 0 Å². The van der Waals surface area contributed by atoms with Crippen molar-refractivity contribution in [2.75, 3.05) is 18.4 Å². The third-order valence-electron chi connectivity index (χ3n) is 5.40. The van der Waals surface area contributed by atoms with Crippen molar-refractivity contribution in [1.82, 2.24) is 4.31 Å². The molecule has 2 aliphatic rings. The van der Waals surface area contributed by atoms with E-state index in [0.717, 1.165) is 31.0 Å². The Bertz CT molecular complexity index is 965. The number of halogens is 3. The highest BCUT2D eigenvalue weighted by Crippen LogP contribution is 2.55. The van der Waals surface area contributed by atoms with E-state index in [2.05, 4.69) is 21.2 Å². The predicted molar refractivity (Wildman–Crippen MR) is 103 cm³/mol. The summed E-state index contributed by atoms with van der Waals surface area (Å²) in [6.07, 6.45) is 2.71. The molecule has 2 aromatic carbocycles. The molecule has 1 saturated heterocycles. The SMILES string of the molecule is O=S(=O)(c1cc(Br)c(F)cc1F)N1CC2(CC2)CC1CNc1ccccc1. The molecule has 1 aliphatic carbocycles. The van der Waals surface area contributed by atoms with Gasteiger partial charge in [-0.1, -0.05) is 18.2 Å². The summed E-state index contributed by atoms with van der Waals surface area (Å²) in [5.41, 5.74) is 0.909. The number of hydrogen-bond donors (Lipinski definition) is 1. The molecule has 144 valence electrons. The van der Waals surface area contributed by atoms with Gasteiger partial charge in [0.2, 0.25) is 10.0 Å². The number of para-hydroxylation sites is 1. The zero-order chi connectivity index (χ0) is 19.2. The van der Waals surface area contributed by atoms with Crippen LogP contribution < -0.4 is 5.32 Å². The first-order valence-electron chi connectivity index (χ1n) is 8.76. The van der Waals surface area contributed by atoms with Gasteiger partial charge in [-0.05, 0) is 58.8 Å². The first-order chi connectivity index (χ1) is 12.8. The van der Waals surface area contributed by atoms with E-state index in [1.165, 1.54) is 4.31 Å². The molecule has 2 aromatic rings. The fourth-order valence-corrected chi connectivity index (χ4v) is 6.05. The summed E-state index contributed by atoms with van der Waals surface area (Å²) >= 11 is 2.96. The molecule has 8 heteroatoms. The van der Waals surface area contributed by atoms with Crippen LogP contribution in [0.25, 0.3) is 0 Å². The molecule has 1 heterocycles. The molecule has 0 radical (unpaired) electrons. The van der Waals surface area contributed by atoms with Gasteiger partial charge >= 0.3 is 0 Å². The fourth-order valence-electron chi connectivity index (χ4n) is 3.74. The van der Waals surface area contributed by atoms with Gasteiger partial charge in [0.25, 0.3) is 0 Å². The Morgan fingerprint density at radius 2 is 1.85 bits per heavy atom. The molecule has 1 spiro atoms. The zero-order valence-corrected chi connectivity index (χ0v) is 16.9. The van der Waals surface area contributed by atoms with Crippen LogP contribution in [0.5, 0.6) is 0 Å². The second-order valence-electron chi connectivity index (χ2n) is 7.35. The zero-order valence-electron chi connectivity index (χ0n) is 14.5. The van der Waals surface area contributed by atoms with Crippen molar-refractivity contribution in [2.24, 2.45) is 5.41 Å². The van der Waals surface area contributed by atoms with Crippen molar-refractivity contribution in [3.8, 4) is 0 Å². The predicted octanol–water partition coefficient (Wildman–Crippen LogP) is 4.38. The van der Waals surface area contributed by atoms with E-state index in [0.29, 0.717) is 19.2 Å². The van der Waals surface area contributed by atoms with Crippen LogP contribution in [0.2, 0.25) is 0 Å². The molecule has 4 rings (SSSR count). The maximum absolute atomic E-state index is 14.3. The molecule has 2 fully saturated rings. The van der Waals surface area contributed by atoms with Crippen molar-refractivity contribution >= 4 is 31.6 Å². The summed E-state index contributed by atoms with van der Waals surface area (Å²) in [5, 5.41) is 3.27. The monoisotopic (exact) mass is 456 g/mol. The van der Waals surface area contributed by atoms with Crippen LogP contribution >= 0.6 is 15.9 Å². The smallest absolute Gasteiger partial charge is 0.246 e. The van der Waals surface area contributed by atoms with Gasteiger partial charge in [-0.25, -0.2) is 17.2 Å². The first kappa shape index (κ1) is 18.8. The molecule has 27 heavy (non-hydrogen) atoms. The van der Waals surface area contributed by atoms with Gasteiger partial charge in [-0.15, -0.1) is 0 Å². The van der Waals surface area contributed by atoms with Gasteiger partial charge in [-0.3, -0.25) is 0 Å². The Balaban J connectivity index is 1.62. The number of hydrogen-bond acceptors (Lipinski definition) is 3. The van der Waals surface area contributed by atoms with E-state index in [4.69, 9.17) is 0 Å². The maximum Gasteiger partial charge on any atom is 0.246 e. The summed E-state index contributed by atoms with van der Waals surface area (Å²) in [7, 11) is -4.07. The van der Waals surface area contributed by atoms with E-state index in [9.17, 15) is 17.2 Å². The topological polar surface area (TPSA) is 49.4 Å². The minimum absolute atomic E-state index is 0.00381. The van der Waals surface area contributed by atoms with Crippen molar-refractivity contribution in [3.63, 3.8) is 0 Å². The molecule has 4 nitrogen and oxygen atoms in total. The lowest BCUT2D eigenvalue weighted by Crippen LogP contribution is -2.40. The minimum Gasteiger partial charge on any atom is -0.383 e. The lowest BCUT2D eigenvalue weighted by molar-refractivity contribution is 0.391. The number of rotatable bonds is 5. The quantitative estimate of drug-likeness (QED) is 0.678. The largest absolute Gasteiger partial charge is 0.383 e. The number of sulfonamides is 1. The van der Waals surface area contributed by atoms with Gasteiger partial charge in [0.15, 0.2) is 0 Å². The number of nitrogens with one attached hydrogen (secondary N) is 1. The van der Waals surface area contributed by atoms with E-state index in [-0.39, 0.29) is 15.9 Å². The number of nitrogens with zero attached hydrogens (tertiary/aromatic N) is 1. The average molecular weight is 457 g/mol. The Kier molecular flexibility index (Phi) is 4.76. The highest BCUT2D eigenvalue weighted by Gasteiger charge is 2.55. The Labute approximate surface area is 165 Å². The van der Waals surface area contributed by atoms with E-state index in [1.807, 2.05) is 30.3 Å². The summed E-state index contributed by atoms with van der Waals surface area (Å²) in [5.74, 6) is -1.89. The standard InChI is InChI=1S/C19H19BrF2N2O2S/c20-15-8-18(17(22)9-16(15)21)27(25,26)24-12-19(6-7-19)10-14(24)11-23-13-4-2-1-3-5-13/h1-5,8-9,14,23H,6-7,10-12H2. The molecule has 1 unspecified atom stereocenters. The van der Waals surface area contributed by atoms with Gasteiger partial charge in [-0.2, -0.15) is 4.31 Å². The van der Waals surface area contributed by atoms with Gasteiger partial charge in [0.1, 0.15) is 16.5 Å². The van der Waals surface area contributed by atoms with Crippen LogP contribution in [0.3, 0.4) is 0 Å². The third-order valence-corrected chi connectivity index (χ3v) is 7.92. The highest BCUT2D eigenvalue weighted by molar-refractivity contribution is 9.10. The summed E-state index contributed by atoms with van der Waals surface area (Å²) in [4.78, 5) is -0.488. The molecule has 1 saturated carbocycles. The fraction of sp³-hybridized carbons (Fsp3) is 0.368. The lowest BCUT2D eigenvalue weighted by Gasteiger charge is -2.25. The molecule has 1 atom stereocenters. The van der Waals surface area contributed by atoms with Crippen LogP contribution in [-0.2, 0) is 10.0 Å². The Morgan fingerprint density at radius 1 is 1.15 bits per heavy atom. The van der Waals surface area contributed by atoms with E-state index in [1.54, 1.807) is 0 Å². The second-order valence-corrected chi connectivity index (χ2v) is 10.1. The van der Waals surface area contributed by atoms with Crippen molar-refractivity contribution in [2.45, 2.75) is 30.2 Å². The molecule has 0 amide bonds. The average Bonchev–Trinajstić information content (AvgIpc) is 3.28. The normalized spacial score (nSPS) is 21.5. The van der Waals surface area contributed by atoms with Crippen molar-refractivity contribution in [3.05, 3.63) is 58.6 Å². The molecular weight excluding hydrogens is 438 g/mol. The van der Waals surface area contributed by atoms with Gasteiger partial charge < -0.3 is 5.32 Å². The van der Waals surface area contributed by atoms with Crippen molar-refractivity contribution in [1.29, 1.82) is 0 Å². The Morgan fingerprint density at radius 3 is 2.52 bits per heavy atom. The maximum atomic E-state index is 14.3. The van der Waals surface area contributed by atoms with Crippen LogP contribution in [0.1, 0.15) is 19.3 Å². The van der Waals surface area contributed by atoms with Crippen LogP contribution in [0.15, 0.2) is 51.8 Å². The number of benzene rings is 2. The molecule has 1 N–H and O–H groups in total. The van der Waals surface area contributed by atoms with Gasteiger partial charge in [0, 0.05) is 30.9 Å². The molecule has 0 bridgehead atoms. The summed E-state index contributed by atoms with van der Waals surface area (Å²) < 4.78 is 55.5. The first-order valence-corrected chi connectivity index (χ1v) is 11.0. The second kappa shape index (κ2) is 6.83. The lowest BCUT2D eigenvalue weighted by atomic mass is 10.0. The molecular formula is C19H19BrF2N2O2S. The minimum atomic E-state index is -4.07. The Hall–Kier alpha value is -1.51. The van der Waals surface area contributed by atoms with Crippen LogP contribution in [0, 0.1) is 17.0 Å². The van der Waals surface area contributed by atoms with Crippen molar-refractivity contribution < 1.29 is 17.2 Å². The summed E-state index contributed by atoms with van der Waals surface area (Å²) in [6, 6.07) is 10.9. The third kappa shape index (κ3) is 3.62.